The Labute approximate surface area is 103 Å². The second-order valence-electron chi connectivity index (χ2n) is 5.24. The number of aryl methyl sites for hydroxylation is 2. The standard InChI is InChI=1S/C14H20N2O/c1-10-5-6-12(9-11(10)2)16-8-7-15-13(17)14(16,3)4/h5-6,9H,7-8H2,1-4H3,(H,15,17). The zero-order valence-corrected chi connectivity index (χ0v) is 11.0. The van der Waals surface area contributed by atoms with Gasteiger partial charge in [0.25, 0.3) is 0 Å². The Bertz CT molecular complexity index is 452. The van der Waals surface area contributed by atoms with Crippen molar-refractivity contribution in [3.8, 4) is 0 Å². The largest absolute Gasteiger partial charge is 0.356 e. The molecule has 1 aliphatic rings. The molecule has 2 rings (SSSR count). The van der Waals surface area contributed by atoms with E-state index >= 15 is 0 Å². The molecule has 1 saturated heterocycles. The topological polar surface area (TPSA) is 32.3 Å². The maximum absolute atomic E-state index is 11.9. The zero-order chi connectivity index (χ0) is 12.6. The van der Waals surface area contributed by atoms with Crippen molar-refractivity contribution in [3.05, 3.63) is 29.3 Å². The molecule has 0 unspecified atom stereocenters. The van der Waals surface area contributed by atoms with Crippen LogP contribution in [0.25, 0.3) is 0 Å². The van der Waals surface area contributed by atoms with E-state index in [1.807, 2.05) is 13.8 Å². The SMILES string of the molecule is Cc1ccc(N2CCNC(=O)C2(C)C)cc1C. The van der Waals surface area contributed by atoms with E-state index in [2.05, 4.69) is 42.3 Å². The zero-order valence-electron chi connectivity index (χ0n) is 11.0. The molecular weight excluding hydrogens is 212 g/mol. The van der Waals surface area contributed by atoms with E-state index in [0.29, 0.717) is 0 Å². The molecule has 1 aromatic rings. The first-order valence-corrected chi connectivity index (χ1v) is 6.06. The third kappa shape index (κ3) is 2.02. The van der Waals surface area contributed by atoms with Gasteiger partial charge in [-0.15, -0.1) is 0 Å². The van der Waals surface area contributed by atoms with Gasteiger partial charge in [-0.1, -0.05) is 6.07 Å². The van der Waals surface area contributed by atoms with E-state index in [1.165, 1.54) is 11.1 Å². The lowest BCUT2D eigenvalue weighted by atomic mass is 9.97. The smallest absolute Gasteiger partial charge is 0.245 e. The van der Waals surface area contributed by atoms with Gasteiger partial charge >= 0.3 is 0 Å². The lowest BCUT2D eigenvalue weighted by molar-refractivity contribution is -0.126. The molecule has 0 atom stereocenters. The molecule has 1 heterocycles. The van der Waals surface area contributed by atoms with Crippen molar-refractivity contribution in [1.82, 2.24) is 5.32 Å². The first-order chi connectivity index (χ1) is 7.93. The molecule has 0 spiro atoms. The van der Waals surface area contributed by atoms with Gasteiger partial charge < -0.3 is 10.2 Å². The lowest BCUT2D eigenvalue weighted by Crippen LogP contribution is -2.62. The number of nitrogens with one attached hydrogen (secondary N) is 1. The van der Waals surface area contributed by atoms with Crippen molar-refractivity contribution in [3.63, 3.8) is 0 Å². The summed E-state index contributed by atoms with van der Waals surface area (Å²) in [5, 5.41) is 2.92. The molecular formula is C14H20N2O. The lowest BCUT2D eigenvalue weighted by Gasteiger charge is -2.43. The van der Waals surface area contributed by atoms with Crippen LogP contribution in [0.4, 0.5) is 5.69 Å². The number of rotatable bonds is 1. The molecule has 0 aromatic heterocycles. The van der Waals surface area contributed by atoms with Gasteiger partial charge in [-0.05, 0) is 51.0 Å². The van der Waals surface area contributed by atoms with Crippen LogP contribution in [0.5, 0.6) is 0 Å². The second-order valence-corrected chi connectivity index (χ2v) is 5.24. The van der Waals surface area contributed by atoms with Crippen molar-refractivity contribution in [2.24, 2.45) is 0 Å². The second kappa shape index (κ2) is 4.06. The van der Waals surface area contributed by atoms with Crippen LogP contribution in [-0.4, -0.2) is 24.5 Å². The number of hydrogen-bond acceptors (Lipinski definition) is 2. The van der Waals surface area contributed by atoms with Crippen molar-refractivity contribution in [2.75, 3.05) is 18.0 Å². The summed E-state index contributed by atoms with van der Waals surface area (Å²) in [7, 11) is 0. The Kier molecular flexibility index (Phi) is 2.86. The molecule has 1 aromatic carbocycles. The fourth-order valence-electron chi connectivity index (χ4n) is 2.24. The van der Waals surface area contributed by atoms with Crippen LogP contribution in [0.2, 0.25) is 0 Å². The number of piperazine rings is 1. The van der Waals surface area contributed by atoms with E-state index in [9.17, 15) is 4.79 Å². The average molecular weight is 232 g/mol. The van der Waals surface area contributed by atoms with E-state index < -0.39 is 5.54 Å². The van der Waals surface area contributed by atoms with Crippen LogP contribution in [0.1, 0.15) is 25.0 Å². The highest BCUT2D eigenvalue weighted by Crippen LogP contribution is 2.27. The van der Waals surface area contributed by atoms with Gasteiger partial charge in [-0.3, -0.25) is 4.79 Å². The molecule has 1 N–H and O–H groups in total. The predicted molar refractivity (Wildman–Crippen MR) is 70.4 cm³/mol. The van der Waals surface area contributed by atoms with Crippen molar-refractivity contribution < 1.29 is 4.79 Å². The molecule has 92 valence electrons. The van der Waals surface area contributed by atoms with Crippen LogP contribution in [0, 0.1) is 13.8 Å². The minimum atomic E-state index is -0.472. The fourth-order valence-corrected chi connectivity index (χ4v) is 2.24. The quantitative estimate of drug-likeness (QED) is 0.803. The predicted octanol–water partition coefficient (Wildman–Crippen LogP) is 2.02. The summed E-state index contributed by atoms with van der Waals surface area (Å²) in [6, 6.07) is 6.38. The van der Waals surface area contributed by atoms with Crippen molar-refractivity contribution in [1.29, 1.82) is 0 Å². The summed E-state index contributed by atoms with van der Waals surface area (Å²) < 4.78 is 0. The third-order valence-corrected chi connectivity index (χ3v) is 3.65. The molecule has 0 saturated carbocycles. The summed E-state index contributed by atoms with van der Waals surface area (Å²) in [6.45, 7) is 9.73. The molecule has 3 heteroatoms. The maximum Gasteiger partial charge on any atom is 0.245 e. The van der Waals surface area contributed by atoms with Crippen molar-refractivity contribution >= 4 is 11.6 Å². The molecule has 1 fully saturated rings. The van der Waals surface area contributed by atoms with Crippen LogP contribution in [-0.2, 0) is 4.79 Å². The molecule has 3 nitrogen and oxygen atoms in total. The summed E-state index contributed by atoms with van der Waals surface area (Å²) >= 11 is 0. The Morgan fingerprint density at radius 2 is 1.94 bits per heavy atom. The molecule has 0 aliphatic carbocycles. The van der Waals surface area contributed by atoms with Gasteiger partial charge in [0.15, 0.2) is 0 Å². The number of carbonyl (C=O) groups is 1. The van der Waals surface area contributed by atoms with E-state index in [-0.39, 0.29) is 5.91 Å². The van der Waals surface area contributed by atoms with Crippen LogP contribution in [0.15, 0.2) is 18.2 Å². The Morgan fingerprint density at radius 3 is 2.59 bits per heavy atom. The Morgan fingerprint density at radius 1 is 1.24 bits per heavy atom. The van der Waals surface area contributed by atoms with Gasteiger partial charge in [0.1, 0.15) is 5.54 Å². The van der Waals surface area contributed by atoms with E-state index in [4.69, 9.17) is 0 Å². The fraction of sp³-hybridized carbons (Fsp3) is 0.500. The minimum Gasteiger partial charge on any atom is -0.356 e. The van der Waals surface area contributed by atoms with Gasteiger partial charge in [-0.25, -0.2) is 0 Å². The highest BCUT2D eigenvalue weighted by molar-refractivity contribution is 5.90. The number of hydrogen-bond donors (Lipinski definition) is 1. The van der Waals surface area contributed by atoms with E-state index in [1.54, 1.807) is 0 Å². The number of carbonyl (C=O) groups excluding carboxylic acids is 1. The summed E-state index contributed by atoms with van der Waals surface area (Å²) in [6.07, 6.45) is 0. The summed E-state index contributed by atoms with van der Waals surface area (Å²) in [5.41, 5.74) is 3.21. The number of anilines is 1. The van der Waals surface area contributed by atoms with Crippen LogP contribution in [0.3, 0.4) is 0 Å². The van der Waals surface area contributed by atoms with E-state index in [0.717, 1.165) is 18.8 Å². The van der Waals surface area contributed by atoms with Crippen molar-refractivity contribution in [2.45, 2.75) is 33.2 Å². The van der Waals surface area contributed by atoms with Crippen LogP contribution < -0.4 is 10.2 Å². The number of amides is 1. The molecule has 0 radical (unpaired) electrons. The molecule has 0 bridgehead atoms. The number of nitrogens with zero attached hydrogens (tertiary/aromatic N) is 1. The normalized spacial score (nSPS) is 19.1. The first-order valence-electron chi connectivity index (χ1n) is 6.06. The maximum atomic E-state index is 11.9. The molecule has 1 amide bonds. The van der Waals surface area contributed by atoms with Gasteiger partial charge in [0, 0.05) is 18.8 Å². The number of benzene rings is 1. The monoisotopic (exact) mass is 232 g/mol. The molecule has 1 aliphatic heterocycles. The first kappa shape index (κ1) is 12.0. The summed E-state index contributed by atoms with van der Waals surface area (Å²) in [5.74, 6) is 0.0991. The highest BCUT2D eigenvalue weighted by atomic mass is 16.2. The van der Waals surface area contributed by atoms with Gasteiger partial charge in [-0.2, -0.15) is 0 Å². The Hall–Kier alpha value is -1.51. The van der Waals surface area contributed by atoms with Gasteiger partial charge in [0.2, 0.25) is 5.91 Å². The molecule has 17 heavy (non-hydrogen) atoms. The van der Waals surface area contributed by atoms with Crippen LogP contribution >= 0.6 is 0 Å². The summed E-state index contributed by atoms with van der Waals surface area (Å²) in [4.78, 5) is 14.1. The highest BCUT2D eigenvalue weighted by Gasteiger charge is 2.37. The minimum absolute atomic E-state index is 0.0991. The Balaban J connectivity index is 2.38. The van der Waals surface area contributed by atoms with Gasteiger partial charge in [0.05, 0.1) is 0 Å². The third-order valence-electron chi connectivity index (χ3n) is 3.65. The average Bonchev–Trinajstić information content (AvgIpc) is 2.26.